The van der Waals surface area contributed by atoms with Crippen LogP contribution in [0.4, 0.5) is 6.01 Å². The highest BCUT2D eigenvalue weighted by atomic mass is 35.5. The molecule has 2 aromatic carbocycles. The van der Waals surface area contributed by atoms with E-state index < -0.39 is 0 Å². The predicted octanol–water partition coefficient (Wildman–Crippen LogP) is 3.88. The molecule has 2 N–H and O–H groups in total. The van der Waals surface area contributed by atoms with E-state index in [4.69, 9.17) is 16.1 Å². The van der Waals surface area contributed by atoms with Gasteiger partial charge in [0.25, 0.3) is 0 Å². The van der Waals surface area contributed by atoms with E-state index in [1.165, 1.54) is 0 Å². The van der Waals surface area contributed by atoms with Crippen LogP contribution in [0.3, 0.4) is 0 Å². The number of benzene rings is 2. The number of anilines is 1. The van der Waals surface area contributed by atoms with Crippen molar-refractivity contribution in [2.24, 2.45) is 0 Å². The zero-order valence-corrected chi connectivity index (χ0v) is 17.1. The van der Waals surface area contributed by atoms with Gasteiger partial charge in [-0.3, -0.25) is 10.2 Å². The number of carbonyl (C=O) groups excluding carboxylic acids is 1. The molecule has 9 heteroatoms. The van der Waals surface area contributed by atoms with Gasteiger partial charge in [-0.05, 0) is 50.2 Å². The lowest BCUT2D eigenvalue weighted by Crippen LogP contribution is -2.31. The summed E-state index contributed by atoms with van der Waals surface area (Å²) >= 11 is 5.88. The highest BCUT2D eigenvalue weighted by molar-refractivity contribution is 6.30. The second-order valence-electron chi connectivity index (χ2n) is 6.68. The van der Waals surface area contributed by atoms with Crippen LogP contribution in [0.15, 0.2) is 59.1 Å². The molecule has 1 amide bonds. The maximum Gasteiger partial charge on any atom is 0.340 e. The molecule has 8 nitrogen and oxygen atoms in total. The molecule has 0 aliphatic rings. The first-order valence-electron chi connectivity index (χ1n) is 9.26. The zero-order valence-electron chi connectivity index (χ0n) is 16.4. The van der Waals surface area contributed by atoms with Crippen LogP contribution in [0.2, 0.25) is 5.02 Å². The minimum absolute atomic E-state index is 0.0849. The molecule has 30 heavy (non-hydrogen) atoms. The van der Waals surface area contributed by atoms with Crippen LogP contribution < -0.4 is 10.9 Å². The maximum atomic E-state index is 12.4. The van der Waals surface area contributed by atoms with Crippen molar-refractivity contribution in [3.63, 3.8) is 0 Å². The van der Waals surface area contributed by atoms with Gasteiger partial charge in [0.05, 0.1) is 17.8 Å². The van der Waals surface area contributed by atoms with Crippen molar-refractivity contribution >= 4 is 23.5 Å². The number of para-hydroxylation sites is 1. The van der Waals surface area contributed by atoms with Crippen molar-refractivity contribution in [2.75, 3.05) is 5.43 Å². The molecule has 0 bridgehead atoms. The Morgan fingerprint density at radius 3 is 2.57 bits per heavy atom. The molecular formula is C21H19ClN6O2. The molecule has 0 radical (unpaired) electrons. The largest absolute Gasteiger partial charge is 0.340 e. The Kier molecular flexibility index (Phi) is 5.49. The first-order valence-corrected chi connectivity index (χ1v) is 9.64. The van der Waals surface area contributed by atoms with Crippen molar-refractivity contribution in [3.05, 3.63) is 76.6 Å². The molecule has 4 aromatic rings. The number of carbonyl (C=O) groups is 1. The number of nitrogens with zero attached hydrogens (tertiary/aromatic N) is 4. The molecule has 2 aromatic heterocycles. The van der Waals surface area contributed by atoms with Crippen molar-refractivity contribution < 1.29 is 9.32 Å². The first-order chi connectivity index (χ1) is 14.5. The molecule has 152 valence electrons. The van der Waals surface area contributed by atoms with Gasteiger partial charge in [0, 0.05) is 21.8 Å². The number of amides is 1. The third-order valence-corrected chi connectivity index (χ3v) is 4.87. The summed E-state index contributed by atoms with van der Waals surface area (Å²) in [5, 5.41) is 9.07. The lowest BCUT2D eigenvalue weighted by Gasteiger charge is -2.06. The monoisotopic (exact) mass is 422 g/mol. The van der Waals surface area contributed by atoms with Gasteiger partial charge in [0.2, 0.25) is 11.7 Å². The number of hydrogen-bond donors (Lipinski definition) is 2. The SMILES string of the molecule is Cc1nn(-c2ccccc2)c(C)c1CC(=O)NNc1nc(-c2ccc(Cl)cc2)no1. The van der Waals surface area contributed by atoms with Crippen molar-refractivity contribution in [1.29, 1.82) is 0 Å². The molecule has 0 unspecified atom stereocenters. The molecule has 0 atom stereocenters. The minimum atomic E-state index is -0.250. The molecule has 0 saturated heterocycles. The first kappa shape index (κ1) is 19.7. The lowest BCUT2D eigenvalue weighted by molar-refractivity contribution is -0.120. The fourth-order valence-corrected chi connectivity index (χ4v) is 3.20. The van der Waals surface area contributed by atoms with Crippen LogP contribution in [0.1, 0.15) is 17.0 Å². The van der Waals surface area contributed by atoms with E-state index in [2.05, 4.69) is 26.1 Å². The lowest BCUT2D eigenvalue weighted by atomic mass is 10.1. The standard InChI is InChI=1S/C21H19ClN6O2/c1-13-18(14(2)28(26-13)17-6-4-3-5-7-17)12-19(29)24-25-21-23-20(27-30-21)15-8-10-16(22)11-9-15/h3-11H,12H2,1-2H3,(H,24,29)(H,23,25,27). The summed E-state index contributed by atoms with van der Waals surface area (Å²) < 4.78 is 6.96. The second-order valence-corrected chi connectivity index (χ2v) is 7.11. The number of aryl methyl sites for hydroxylation is 1. The van der Waals surface area contributed by atoms with Gasteiger partial charge in [-0.2, -0.15) is 10.1 Å². The third kappa shape index (κ3) is 4.18. The molecule has 0 aliphatic heterocycles. The van der Waals surface area contributed by atoms with Gasteiger partial charge < -0.3 is 4.52 Å². The van der Waals surface area contributed by atoms with E-state index in [1.807, 2.05) is 48.9 Å². The minimum Gasteiger partial charge on any atom is -0.313 e. The van der Waals surface area contributed by atoms with Crippen LogP contribution in [0.25, 0.3) is 17.1 Å². The molecule has 0 spiro atoms. The van der Waals surface area contributed by atoms with E-state index in [-0.39, 0.29) is 18.3 Å². The van der Waals surface area contributed by atoms with E-state index in [0.29, 0.717) is 10.8 Å². The zero-order chi connectivity index (χ0) is 21.1. The maximum absolute atomic E-state index is 12.4. The Bertz CT molecular complexity index is 1170. The fourth-order valence-electron chi connectivity index (χ4n) is 3.07. The van der Waals surface area contributed by atoms with Crippen LogP contribution in [-0.4, -0.2) is 25.8 Å². The summed E-state index contributed by atoms with van der Waals surface area (Å²) in [6.45, 7) is 3.83. The summed E-state index contributed by atoms with van der Waals surface area (Å²) in [7, 11) is 0. The van der Waals surface area contributed by atoms with Crippen LogP contribution in [0.5, 0.6) is 0 Å². The van der Waals surface area contributed by atoms with Crippen molar-refractivity contribution in [2.45, 2.75) is 20.3 Å². The van der Waals surface area contributed by atoms with Crippen molar-refractivity contribution in [1.82, 2.24) is 25.3 Å². The Morgan fingerprint density at radius 2 is 1.83 bits per heavy atom. The third-order valence-electron chi connectivity index (χ3n) is 4.62. The topological polar surface area (TPSA) is 97.9 Å². The summed E-state index contributed by atoms with van der Waals surface area (Å²) in [5.41, 5.74) is 9.51. The molecule has 0 aliphatic carbocycles. The van der Waals surface area contributed by atoms with Gasteiger partial charge in [0.15, 0.2) is 0 Å². The van der Waals surface area contributed by atoms with E-state index in [1.54, 1.807) is 24.3 Å². The number of hydrazine groups is 1. The quantitative estimate of drug-likeness (QED) is 0.457. The number of hydrogen-bond acceptors (Lipinski definition) is 6. The number of rotatable bonds is 6. The average Bonchev–Trinajstić information content (AvgIpc) is 3.34. The average molecular weight is 423 g/mol. The molecular weight excluding hydrogens is 404 g/mol. The van der Waals surface area contributed by atoms with Gasteiger partial charge >= 0.3 is 6.01 Å². The summed E-state index contributed by atoms with van der Waals surface area (Å²) in [6.07, 6.45) is 0.162. The highest BCUT2D eigenvalue weighted by Gasteiger charge is 2.16. The molecule has 0 fully saturated rings. The number of nitrogens with one attached hydrogen (secondary N) is 2. The molecule has 0 saturated carbocycles. The highest BCUT2D eigenvalue weighted by Crippen LogP contribution is 2.20. The van der Waals surface area contributed by atoms with Gasteiger partial charge in [0.1, 0.15) is 0 Å². The van der Waals surface area contributed by atoms with Crippen LogP contribution >= 0.6 is 11.6 Å². The van der Waals surface area contributed by atoms with E-state index >= 15 is 0 Å². The Balaban J connectivity index is 1.40. The summed E-state index contributed by atoms with van der Waals surface area (Å²) in [5.74, 6) is 0.138. The second kappa shape index (κ2) is 8.38. The normalized spacial score (nSPS) is 10.8. The number of aromatic nitrogens is 4. The molecule has 2 heterocycles. The van der Waals surface area contributed by atoms with Crippen molar-refractivity contribution in [3.8, 4) is 17.1 Å². The van der Waals surface area contributed by atoms with E-state index in [0.717, 1.165) is 28.2 Å². The van der Waals surface area contributed by atoms with Crippen LogP contribution in [0, 0.1) is 13.8 Å². The Hall–Kier alpha value is -3.65. The van der Waals surface area contributed by atoms with E-state index in [9.17, 15) is 4.79 Å². The van der Waals surface area contributed by atoms with Gasteiger partial charge in [-0.1, -0.05) is 35.0 Å². The van der Waals surface area contributed by atoms with Gasteiger partial charge in [-0.25, -0.2) is 10.1 Å². The molecule has 4 rings (SSSR count). The smallest absolute Gasteiger partial charge is 0.313 e. The number of halogens is 1. The van der Waals surface area contributed by atoms with Crippen LogP contribution in [-0.2, 0) is 11.2 Å². The van der Waals surface area contributed by atoms with Gasteiger partial charge in [-0.15, -0.1) is 0 Å². The predicted molar refractivity (Wildman–Crippen MR) is 113 cm³/mol. The Labute approximate surface area is 177 Å². The Morgan fingerprint density at radius 1 is 1.10 bits per heavy atom. The summed E-state index contributed by atoms with van der Waals surface area (Å²) in [4.78, 5) is 16.6. The fraction of sp³-hybridized carbons (Fsp3) is 0.143. The summed E-state index contributed by atoms with van der Waals surface area (Å²) in [6, 6.07) is 16.9.